The van der Waals surface area contributed by atoms with Gasteiger partial charge in [0.1, 0.15) is 0 Å². The molecule has 0 saturated carbocycles. The molecule has 1 aliphatic heterocycles. The minimum atomic E-state index is -0.375. The molecule has 2 aromatic carbocycles. The Hall–Kier alpha value is -2.70. The third-order valence-corrected chi connectivity index (χ3v) is 5.95. The second-order valence-corrected chi connectivity index (χ2v) is 8.22. The van der Waals surface area contributed by atoms with Gasteiger partial charge in [0.25, 0.3) is 0 Å². The largest absolute Gasteiger partial charge is 0.494 e. The van der Waals surface area contributed by atoms with Crippen LogP contribution in [-0.2, 0) is 6.54 Å². The van der Waals surface area contributed by atoms with E-state index in [1.54, 1.807) is 6.07 Å². The standard InChI is InChI=1S/C24H29FN4O/c1-17-7-5-6-8-22(17)29-15-19(14-28-12-11-20(16-28)27(2)3)24(26-29)18-9-10-23(30-4)21(25)13-18/h5-10,13,15,20H,11-12,14,16H2,1-4H3/t20-/m1/s1. The first kappa shape index (κ1) is 20.6. The summed E-state index contributed by atoms with van der Waals surface area (Å²) in [4.78, 5) is 4.74. The lowest BCUT2D eigenvalue weighted by molar-refractivity contribution is 0.265. The molecule has 0 aliphatic carbocycles. The maximum Gasteiger partial charge on any atom is 0.165 e. The quantitative estimate of drug-likeness (QED) is 0.614. The Morgan fingerprint density at radius 3 is 2.67 bits per heavy atom. The number of halogens is 1. The van der Waals surface area contributed by atoms with Crippen molar-refractivity contribution in [1.82, 2.24) is 19.6 Å². The van der Waals surface area contributed by atoms with Gasteiger partial charge in [0, 0.05) is 43.0 Å². The number of hydrogen-bond donors (Lipinski definition) is 0. The Morgan fingerprint density at radius 2 is 2.00 bits per heavy atom. The molecule has 0 amide bonds. The van der Waals surface area contributed by atoms with Crippen molar-refractivity contribution in [1.29, 1.82) is 0 Å². The molecular formula is C24H29FN4O. The van der Waals surface area contributed by atoms with Gasteiger partial charge in [0.05, 0.1) is 18.5 Å². The van der Waals surface area contributed by atoms with Gasteiger partial charge < -0.3 is 9.64 Å². The van der Waals surface area contributed by atoms with E-state index in [2.05, 4.69) is 49.1 Å². The van der Waals surface area contributed by atoms with Crippen LogP contribution in [-0.4, -0.2) is 59.9 Å². The number of methoxy groups -OCH3 is 1. The van der Waals surface area contributed by atoms with Crippen LogP contribution < -0.4 is 4.74 Å². The normalized spacial score (nSPS) is 17.1. The summed E-state index contributed by atoms with van der Waals surface area (Å²) in [7, 11) is 5.75. The summed E-state index contributed by atoms with van der Waals surface area (Å²) in [5.41, 5.74) is 4.86. The van der Waals surface area contributed by atoms with Gasteiger partial charge in [-0.2, -0.15) is 5.10 Å². The van der Waals surface area contributed by atoms with Gasteiger partial charge >= 0.3 is 0 Å². The summed E-state index contributed by atoms with van der Waals surface area (Å²) in [6.45, 7) is 4.94. The summed E-state index contributed by atoms with van der Waals surface area (Å²) in [6, 6.07) is 13.8. The first-order chi connectivity index (χ1) is 14.5. The van der Waals surface area contributed by atoms with Gasteiger partial charge in [-0.05, 0) is 57.3 Å². The smallest absolute Gasteiger partial charge is 0.165 e. The highest BCUT2D eigenvalue weighted by molar-refractivity contribution is 5.64. The number of nitrogens with zero attached hydrogens (tertiary/aromatic N) is 4. The lowest BCUT2D eigenvalue weighted by Gasteiger charge is -2.20. The first-order valence-electron chi connectivity index (χ1n) is 10.3. The molecule has 5 nitrogen and oxygen atoms in total. The molecular weight excluding hydrogens is 379 g/mol. The molecule has 1 fully saturated rings. The van der Waals surface area contributed by atoms with Crippen molar-refractivity contribution >= 4 is 0 Å². The molecule has 0 N–H and O–H groups in total. The van der Waals surface area contributed by atoms with Crippen LogP contribution in [0.2, 0.25) is 0 Å². The van der Waals surface area contributed by atoms with Gasteiger partial charge in [0.2, 0.25) is 0 Å². The van der Waals surface area contributed by atoms with Crippen LogP contribution in [0.1, 0.15) is 17.5 Å². The summed E-state index contributed by atoms with van der Waals surface area (Å²) in [6.07, 6.45) is 3.24. The molecule has 1 atom stereocenters. The van der Waals surface area contributed by atoms with Crippen LogP contribution in [0.15, 0.2) is 48.7 Å². The third kappa shape index (κ3) is 4.11. The van der Waals surface area contributed by atoms with Crippen molar-refractivity contribution in [3.8, 4) is 22.7 Å². The van der Waals surface area contributed by atoms with Crippen LogP contribution in [0, 0.1) is 12.7 Å². The zero-order valence-corrected chi connectivity index (χ0v) is 18.1. The number of para-hydroxylation sites is 1. The number of aromatic nitrogens is 2. The van der Waals surface area contributed by atoms with Crippen LogP contribution in [0.4, 0.5) is 4.39 Å². The monoisotopic (exact) mass is 408 g/mol. The summed E-state index contributed by atoms with van der Waals surface area (Å²) in [5.74, 6) is -0.132. The van der Waals surface area contributed by atoms with E-state index >= 15 is 0 Å². The summed E-state index contributed by atoms with van der Waals surface area (Å²) >= 11 is 0. The van der Waals surface area contributed by atoms with Gasteiger partial charge in [-0.15, -0.1) is 0 Å². The molecule has 0 radical (unpaired) electrons. The van der Waals surface area contributed by atoms with Gasteiger partial charge in [-0.25, -0.2) is 9.07 Å². The fourth-order valence-corrected chi connectivity index (χ4v) is 4.14. The second kappa shape index (κ2) is 8.58. The maximum atomic E-state index is 14.4. The van der Waals surface area contributed by atoms with Crippen molar-refractivity contribution < 1.29 is 9.13 Å². The van der Waals surface area contributed by atoms with E-state index in [4.69, 9.17) is 9.84 Å². The minimum Gasteiger partial charge on any atom is -0.494 e. The van der Waals surface area contributed by atoms with E-state index in [9.17, 15) is 4.39 Å². The second-order valence-electron chi connectivity index (χ2n) is 8.22. The highest BCUT2D eigenvalue weighted by atomic mass is 19.1. The molecule has 4 rings (SSSR count). The Labute approximate surface area is 177 Å². The maximum absolute atomic E-state index is 14.4. The average Bonchev–Trinajstić information content (AvgIpc) is 3.36. The van der Waals surface area contributed by atoms with E-state index in [0.717, 1.165) is 54.1 Å². The summed E-state index contributed by atoms with van der Waals surface area (Å²) < 4.78 is 21.4. The van der Waals surface area contributed by atoms with Crippen LogP contribution in [0.25, 0.3) is 16.9 Å². The molecule has 0 bridgehead atoms. The first-order valence-corrected chi connectivity index (χ1v) is 10.3. The number of likely N-dealkylation sites (tertiary alicyclic amines) is 1. The SMILES string of the molecule is COc1ccc(-c2nn(-c3ccccc3C)cc2CN2CC[C@@H](N(C)C)C2)cc1F. The molecule has 1 saturated heterocycles. The zero-order valence-electron chi connectivity index (χ0n) is 18.1. The molecule has 1 aliphatic rings. The molecule has 6 heteroatoms. The predicted octanol–water partition coefficient (Wildman–Crippen LogP) is 4.13. The number of hydrogen-bond acceptors (Lipinski definition) is 4. The van der Waals surface area contributed by atoms with Gasteiger partial charge in [-0.3, -0.25) is 4.90 Å². The lowest BCUT2D eigenvalue weighted by Crippen LogP contribution is -2.31. The Bertz CT molecular complexity index is 1030. The summed E-state index contributed by atoms with van der Waals surface area (Å²) in [5, 5.41) is 4.88. The van der Waals surface area contributed by atoms with Crippen LogP contribution in [0.3, 0.4) is 0 Å². The number of likely N-dealkylation sites (N-methyl/N-ethyl adjacent to an activating group) is 1. The lowest BCUT2D eigenvalue weighted by atomic mass is 10.1. The van der Waals surface area contributed by atoms with E-state index in [-0.39, 0.29) is 11.6 Å². The number of rotatable bonds is 6. The van der Waals surface area contributed by atoms with Crippen LogP contribution >= 0.6 is 0 Å². The van der Waals surface area contributed by atoms with Crippen molar-refractivity contribution in [3.63, 3.8) is 0 Å². The van der Waals surface area contributed by atoms with Crippen LogP contribution in [0.5, 0.6) is 5.75 Å². The molecule has 2 heterocycles. The Balaban J connectivity index is 1.72. The van der Waals surface area contributed by atoms with Gasteiger partial charge in [-0.1, -0.05) is 18.2 Å². The molecule has 1 aromatic heterocycles. The van der Waals surface area contributed by atoms with Gasteiger partial charge in [0.15, 0.2) is 11.6 Å². The Kier molecular flexibility index (Phi) is 5.88. The topological polar surface area (TPSA) is 33.5 Å². The van der Waals surface area contributed by atoms with Crippen molar-refractivity contribution in [3.05, 3.63) is 65.6 Å². The van der Waals surface area contributed by atoms with E-state index < -0.39 is 0 Å². The number of ether oxygens (including phenoxy) is 1. The van der Waals surface area contributed by atoms with E-state index in [1.807, 2.05) is 22.9 Å². The number of benzene rings is 2. The third-order valence-electron chi connectivity index (χ3n) is 5.95. The predicted molar refractivity (Wildman–Crippen MR) is 118 cm³/mol. The average molecular weight is 409 g/mol. The van der Waals surface area contributed by atoms with Crippen molar-refractivity contribution in [2.75, 3.05) is 34.3 Å². The van der Waals surface area contributed by atoms with Crippen molar-refractivity contribution in [2.24, 2.45) is 0 Å². The molecule has 3 aromatic rings. The zero-order chi connectivity index (χ0) is 21.3. The highest BCUT2D eigenvalue weighted by Crippen LogP contribution is 2.30. The molecule has 158 valence electrons. The number of aryl methyl sites for hydroxylation is 1. The molecule has 30 heavy (non-hydrogen) atoms. The minimum absolute atomic E-state index is 0.243. The Morgan fingerprint density at radius 1 is 1.20 bits per heavy atom. The fraction of sp³-hybridized carbons (Fsp3) is 0.375. The fourth-order valence-electron chi connectivity index (χ4n) is 4.14. The van der Waals surface area contributed by atoms with E-state index in [0.29, 0.717) is 6.04 Å². The molecule has 0 spiro atoms. The van der Waals surface area contributed by atoms with Crippen molar-refractivity contribution in [2.45, 2.75) is 25.9 Å². The van der Waals surface area contributed by atoms with E-state index in [1.165, 1.54) is 13.2 Å². The molecule has 0 unspecified atom stereocenters. The highest BCUT2D eigenvalue weighted by Gasteiger charge is 2.25.